The van der Waals surface area contributed by atoms with E-state index in [2.05, 4.69) is 4.98 Å². The molecular formula is C9H11N3O3. The first-order valence-corrected chi connectivity index (χ1v) is 4.75. The van der Waals surface area contributed by atoms with Crippen molar-refractivity contribution in [2.75, 3.05) is 0 Å². The van der Waals surface area contributed by atoms with Gasteiger partial charge in [-0.05, 0) is 19.3 Å². The van der Waals surface area contributed by atoms with Gasteiger partial charge in [-0.3, -0.25) is 14.2 Å². The third-order valence-electron chi connectivity index (χ3n) is 2.71. The van der Waals surface area contributed by atoms with Crippen molar-refractivity contribution in [3.63, 3.8) is 0 Å². The molecule has 1 aromatic heterocycles. The smallest absolute Gasteiger partial charge is 0.328 e. The molecule has 1 aliphatic carbocycles. The maximum Gasteiger partial charge on any atom is 0.328 e. The molecule has 0 aromatic carbocycles. The molecule has 0 aliphatic heterocycles. The van der Waals surface area contributed by atoms with Crippen molar-refractivity contribution in [2.45, 2.75) is 25.3 Å². The van der Waals surface area contributed by atoms with Crippen molar-refractivity contribution in [1.82, 2.24) is 9.55 Å². The first-order chi connectivity index (χ1) is 7.11. The molecule has 0 atom stereocenters. The van der Waals surface area contributed by atoms with Crippen LogP contribution in [0.4, 0.5) is 0 Å². The summed E-state index contributed by atoms with van der Waals surface area (Å²) in [4.78, 5) is 36.4. The second-order valence-corrected chi connectivity index (χ2v) is 3.63. The third-order valence-corrected chi connectivity index (χ3v) is 2.71. The lowest BCUT2D eigenvalue weighted by Gasteiger charge is -2.26. The SMILES string of the molecule is NC(=O)c1c[nH]c(=O)n(C2CCC2)c1=O. The number of amides is 1. The zero-order valence-corrected chi connectivity index (χ0v) is 8.03. The summed E-state index contributed by atoms with van der Waals surface area (Å²) in [6.07, 6.45) is 3.66. The van der Waals surface area contributed by atoms with Crippen LogP contribution in [0.25, 0.3) is 0 Å². The van der Waals surface area contributed by atoms with Gasteiger partial charge in [0.25, 0.3) is 11.5 Å². The number of rotatable bonds is 2. The molecule has 0 unspecified atom stereocenters. The van der Waals surface area contributed by atoms with Crippen LogP contribution in [0.5, 0.6) is 0 Å². The zero-order chi connectivity index (χ0) is 11.0. The fraction of sp³-hybridized carbons (Fsp3) is 0.444. The van der Waals surface area contributed by atoms with Crippen molar-refractivity contribution in [3.05, 3.63) is 32.6 Å². The molecule has 1 fully saturated rings. The summed E-state index contributed by atoms with van der Waals surface area (Å²) in [6.45, 7) is 0. The molecule has 0 bridgehead atoms. The van der Waals surface area contributed by atoms with Gasteiger partial charge >= 0.3 is 5.69 Å². The Labute approximate surface area is 84.7 Å². The van der Waals surface area contributed by atoms with Crippen LogP contribution >= 0.6 is 0 Å². The predicted octanol–water partition coefficient (Wildman–Crippen LogP) is -0.640. The van der Waals surface area contributed by atoms with Gasteiger partial charge in [0.15, 0.2) is 0 Å². The van der Waals surface area contributed by atoms with E-state index in [1.165, 1.54) is 0 Å². The van der Waals surface area contributed by atoms with E-state index in [1.807, 2.05) is 0 Å². The monoisotopic (exact) mass is 209 g/mol. The molecule has 15 heavy (non-hydrogen) atoms. The van der Waals surface area contributed by atoms with Crippen LogP contribution in [0.3, 0.4) is 0 Å². The largest absolute Gasteiger partial charge is 0.365 e. The van der Waals surface area contributed by atoms with E-state index in [0.29, 0.717) is 0 Å². The van der Waals surface area contributed by atoms with Gasteiger partial charge in [0, 0.05) is 12.2 Å². The van der Waals surface area contributed by atoms with E-state index in [-0.39, 0.29) is 11.6 Å². The Kier molecular flexibility index (Phi) is 2.18. The predicted molar refractivity (Wildman–Crippen MR) is 52.7 cm³/mol. The van der Waals surface area contributed by atoms with Crippen LogP contribution in [0.15, 0.2) is 15.8 Å². The van der Waals surface area contributed by atoms with Crippen LogP contribution < -0.4 is 17.0 Å². The number of H-pyrrole nitrogens is 1. The van der Waals surface area contributed by atoms with Gasteiger partial charge in [-0.25, -0.2) is 4.79 Å². The van der Waals surface area contributed by atoms with Crippen molar-refractivity contribution < 1.29 is 4.79 Å². The highest BCUT2D eigenvalue weighted by molar-refractivity contribution is 5.91. The maximum absolute atomic E-state index is 11.7. The van der Waals surface area contributed by atoms with Crippen LogP contribution in [0, 0.1) is 0 Å². The summed E-state index contributed by atoms with van der Waals surface area (Å²) in [5.74, 6) is -0.815. The molecule has 6 nitrogen and oxygen atoms in total. The molecule has 0 radical (unpaired) electrons. The minimum absolute atomic E-state index is 0.0828. The Morgan fingerprint density at radius 2 is 2.13 bits per heavy atom. The summed E-state index contributed by atoms with van der Waals surface area (Å²) >= 11 is 0. The van der Waals surface area contributed by atoms with Crippen molar-refractivity contribution in [1.29, 1.82) is 0 Å². The first kappa shape index (κ1) is 9.70. The summed E-state index contributed by atoms with van der Waals surface area (Å²) < 4.78 is 1.09. The molecule has 1 heterocycles. The molecule has 6 heteroatoms. The fourth-order valence-electron chi connectivity index (χ4n) is 1.64. The Morgan fingerprint density at radius 3 is 2.60 bits per heavy atom. The molecule has 0 spiro atoms. The average Bonchev–Trinajstić information content (AvgIpc) is 2.08. The van der Waals surface area contributed by atoms with Gasteiger partial charge in [0.1, 0.15) is 5.56 Å². The topological polar surface area (TPSA) is 97.9 Å². The highest BCUT2D eigenvalue weighted by atomic mass is 16.2. The van der Waals surface area contributed by atoms with E-state index in [1.54, 1.807) is 0 Å². The van der Waals surface area contributed by atoms with Gasteiger partial charge < -0.3 is 10.7 Å². The third kappa shape index (κ3) is 1.47. The van der Waals surface area contributed by atoms with E-state index in [0.717, 1.165) is 30.0 Å². The second kappa shape index (κ2) is 3.38. The highest BCUT2D eigenvalue weighted by Crippen LogP contribution is 2.28. The van der Waals surface area contributed by atoms with E-state index in [9.17, 15) is 14.4 Å². The second-order valence-electron chi connectivity index (χ2n) is 3.63. The van der Waals surface area contributed by atoms with Crippen molar-refractivity contribution in [2.24, 2.45) is 5.73 Å². The molecule has 2 rings (SSSR count). The summed E-state index contributed by atoms with van der Waals surface area (Å²) in [6, 6.07) is -0.0828. The minimum Gasteiger partial charge on any atom is -0.365 e. The Balaban J connectivity index is 2.61. The molecule has 80 valence electrons. The number of nitrogens with one attached hydrogen (secondary N) is 1. The summed E-state index contributed by atoms with van der Waals surface area (Å²) in [5, 5.41) is 0. The van der Waals surface area contributed by atoms with Crippen LogP contribution in [-0.4, -0.2) is 15.5 Å². The number of carbonyl (C=O) groups excluding carboxylic acids is 1. The van der Waals surface area contributed by atoms with Crippen LogP contribution in [0.2, 0.25) is 0 Å². The maximum atomic E-state index is 11.7. The van der Waals surface area contributed by atoms with Crippen molar-refractivity contribution in [3.8, 4) is 0 Å². The van der Waals surface area contributed by atoms with E-state index >= 15 is 0 Å². The number of aromatic nitrogens is 2. The summed E-state index contributed by atoms with van der Waals surface area (Å²) in [7, 11) is 0. The number of carbonyl (C=O) groups is 1. The number of hydrogen-bond acceptors (Lipinski definition) is 3. The molecule has 3 N–H and O–H groups in total. The molecule has 1 amide bonds. The molecule has 1 aliphatic rings. The van der Waals surface area contributed by atoms with Crippen LogP contribution in [0.1, 0.15) is 35.7 Å². The normalized spacial score (nSPS) is 16.0. The van der Waals surface area contributed by atoms with Gasteiger partial charge in [-0.2, -0.15) is 0 Å². The van der Waals surface area contributed by atoms with Crippen molar-refractivity contribution >= 4 is 5.91 Å². The molecule has 1 aromatic rings. The molecule has 0 saturated heterocycles. The quantitative estimate of drug-likeness (QED) is 0.677. The highest BCUT2D eigenvalue weighted by Gasteiger charge is 2.24. The summed E-state index contributed by atoms with van der Waals surface area (Å²) in [5.41, 5.74) is 3.79. The molecule has 1 saturated carbocycles. The van der Waals surface area contributed by atoms with Gasteiger partial charge in [0.2, 0.25) is 0 Å². The average molecular weight is 209 g/mol. The number of aromatic amines is 1. The zero-order valence-electron chi connectivity index (χ0n) is 8.03. The lowest BCUT2D eigenvalue weighted by atomic mass is 9.93. The minimum atomic E-state index is -0.815. The number of nitrogens with two attached hydrogens (primary N) is 1. The number of primary amides is 1. The Hall–Kier alpha value is -1.85. The fourth-order valence-corrected chi connectivity index (χ4v) is 1.64. The van der Waals surface area contributed by atoms with Gasteiger partial charge in [-0.15, -0.1) is 0 Å². The lowest BCUT2D eigenvalue weighted by molar-refractivity contribution is 0.0997. The Bertz CT molecular complexity index is 510. The number of hydrogen-bond donors (Lipinski definition) is 2. The first-order valence-electron chi connectivity index (χ1n) is 4.75. The lowest BCUT2D eigenvalue weighted by Crippen LogP contribution is -2.43. The van der Waals surface area contributed by atoms with Crippen LogP contribution in [-0.2, 0) is 0 Å². The standard InChI is InChI=1S/C9H11N3O3/c10-7(13)6-4-11-9(15)12(8(6)14)5-2-1-3-5/h4-5H,1-3H2,(H2,10,13)(H,11,15). The van der Waals surface area contributed by atoms with E-state index in [4.69, 9.17) is 5.73 Å². The van der Waals surface area contributed by atoms with Gasteiger partial charge in [0.05, 0.1) is 0 Å². The van der Waals surface area contributed by atoms with Gasteiger partial charge in [-0.1, -0.05) is 0 Å². The van der Waals surface area contributed by atoms with E-state index < -0.39 is 17.2 Å². The number of nitrogens with zero attached hydrogens (tertiary/aromatic N) is 1. The molecular weight excluding hydrogens is 198 g/mol. The Morgan fingerprint density at radius 1 is 1.47 bits per heavy atom.